The number of likely N-dealkylation sites (tertiary alicyclic amines) is 1. The third kappa shape index (κ3) is 6.04. The van der Waals surface area contributed by atoms with E-state index in [1.807, 2.05) is 0 Å². The van der Waals surface area contributed by atoms with Crippen LogP contribution in [0.5, 0.6) is 0 Å². The van der Waals surface area contributed by atoms with Crippen LogP contribution in [0.15, 0.2) is 0 Å². The summed E-state index contributed by atoms with van der Waals surface area (Å²) in [5.41, 5.74) is 0. The summed E-state index contributed by atoms with van der Waals surface area (Å²) in [6, 6.07) is 0. The van der Waals surface area contributed by atoms with E-state index in [-0.39, 0.29) is 5.91 Å². The molecule has 102 valence electrons. The van der Waals surface area contributed by atoms with Gasteiger partial charge in [-0.15, -0.1) is 6.42 Å². The highest BCUT2D eigenvalue weighted by Crippen LogP contribution is 2.15. The molecule has 0 spiro atoms. The first-order valence-corrected chi connectivity index (χ1v) is 6.89. The van der Waals surface area contributed by atoms with Gasteiger partial charge in [0.05, 0.1) is 13.1 Å². The molecule has 18 heavy (non-hydrogen) atoms. The van der Waals surface area contributed by atoms with Gasteiger partial charge in [-0.25, -0.2) is 0 Å². The Morgan fingerprint density at radius 1 is 1.44 bits per heavy atom. The maximum Gasteiger partial charge on any atom is 0.234 e. The SMILES string of the molecule is C#CCNC(=O)CN1CCC(CNCCC)CC1. The molecule has 0 bridgehead atoms. The van der Waals surface area contributed by atoms with Crippen LogP contribution in [0.4, 0.5) is 0 Å². The summed E-state index contributed by atoms with van der Waals surface area (Å²) in [7, 11) is 0. The largest absolute Gasteiger partial charge is 0.344 e. The van der Waals surface area contributed by atoms with E-state index < -0.39 is 0 Å². The van der Waals surface area contributed by atoms with E-state index in [2.05, 4.69) is 28.4 Å². The van der Waals surface area contributed by atoms with Crippen molar-refractivity contribution in [2.24, 2.45) is 5.92 Å². The van der Waals surface area contributed by atoms with E-state index in [4.69, 9.17) is 6.42 Å². The molecular formula is C14H25N3O. The van der Waals surface area contributed by atoms with E-state index in [9.17, 15) is 4.79 Å². The van der Waals surface area contributed by atoms with Gasteiger partial charge in [0.1, 0.15) is 0 Å². The third-order valence-corrected chi connectivity index (χ3v) is 3.32. The summed E-state index contributed by atoms with van der Waals surface area (Å²) < 4.78 is 0. The standard InChI is InChI=1S/C14H25N3O/c1-3-7-15-11-13-5-9-17(10-6-13)12-14(18)16-8-4-2/h2,13,15H,3,5-12H2,1H3,(H,16,18). The number of carbonyl (C=O) groups is 1. The normalized spacial score (nSPS) is 17.3. The van der Waals surface area contributed by atoms with Gasteiger partial charge in [0, 0.05) is 0 Å². The fraction of sp³-hybridized carbons (Fsp3) is 0.786. The summed E-state index contributed by atoms with van der Waals surface area (Å²) in [6.07, 6.45) is 8.65. The lowest BCUT2D eigenvalue weighted by Crippen LogP contribution is -2.43. The summed E-state index contributed by atoms with van der Waals surface area (Å²) in [6.45, 7) is 7.25. The van der Waals surface area contributed by atoms with E-state index in [1.165, 1.54) is 19.3 Å². The fourth-order valence-electron chi connectivity index (χ4n) is 2.24. The first kappa shape index (κ1) is 15.0. The number of hydrogen-bond acceptors (Lipinski definition) is 3. The average molecular weight is 251 g/mol. The molecule has 0 radical (unpaired) electrons. The zero-order chi connectivity index (χ0) is 13.2. The molecule has 1 saturated heterocycles. The minimum Gasteiger partial charge on any atom is -0.344 e. The minimum atomic E-state index is 0.0375. The van der Waals surface area contributed by atoms with Crippen molar-refractivity contribution in [3.8, 4) is 12.3 Å². The quantitative estimate of drug-likeness (QED) is 0.510. The molecule has 0 atom stereocenters. The number of carbonyl (C=O) groups excluding carboxylic acids is 1. The van der Waals surface area contributed by atoms with Gasteiger partial charge in [-0.3, -0.25) is 9.69 Å². The summed E-state index contributed by atoms with van der Waals surface area (Å²) >= 11 is 0. The molecule has 1 heterocycles. The van der Waals surface area contributed by atoms with Crippen LogP contribution in [0.2, 0.25) is 0 Å². The second kappa shape index (κ2) is 8.96. The van der Waals surface area contributed by atoms with E-state index >= 15 is 0 Å². The van der Waals surface area contributed by atoms with Crippen LogP contribution in [0, 0.1) is 18.3 Å². The molecule has 0 aromatic heterocycles. The Bertz CT molecular complexity index is 277. The predicted molar refractivity (Wildman–Crippen MR) is 74.2 cm³/mol. The van der Waals surface area contributed by atoms with Crippen molar-refractivity contribution in [2.75, 3.05) is 39.3 Å². The molecule has 2 N–H and O–H groups in total. The molecule has 1 amide bonds. The zero-order valence-corrected chi connectivity index (χ0v) is 11.4. The van der Waals surface area contributed by atoms with Gasteiger partial charge >= 0.3 is 0 Å². The Kier molecular flexibility index (Phi) is 7.47. The molecule has 0 aliphatic carbocycles. The number of hydrogen-bond donors (Lipinski definition) is 2. The fourth-order valence-corrected chi connectivity index (χ4v) is 2.24. The summed E-state index contributed by atoms with van der Waals surface area (Å²) in [5.74, 6) is 3.22. The van der Waals surface area contributed by atoms with Gasteiger partial charge in [-0.05, 0) is 51.4 Å². The van der Waals surface area contributed by atoms with Gasteiger partial charge in [0.2, 0.25) is 5.91 Å². The number of piperidine rings is 1. The van der Waals surface area contributed by atoms with Crippen molar-refractivity contribution >= 4 is 5.91 Å². The molecule has 0 aromatic carbocycles. The van der Waals surface area contributed by atoms with E-state index in [0.29, 0.717) is 13.1 Å². The van der Waals surface area contributed by atoms with Gasteiger partial charge in [-0.1, -0.05) is 12.8 Å². The van der Waals surface area contributed by atoms with Crippen LogP contribution < -0.4 is 10.6 Å². The molecule has 0 unspecified atom stereocenters. The molecule has 1 aliphatic heterocycles. The Morgan fingerprint density at radius 2 is 2.17 bits per heavy atom. The summed E-state index contributed by atoms with van der Waals surface area (Å²) in [4.78, 5) is 13.7. The molecule has 0 aromatic rings. The lowest BCUT2D eigenvalue weighted by molar-refractivity contribution is -0.122. The molecule has 1 aliphatic rings. The molecule has 1 fully saturated rings. The van der Waals surface area contributed by atoms with Crippen molar-refractivity contribution in [3.05, 3.63) is 0 Å². The van der Waals surface area contributed by atoms with E-state index in [0.717, 1.165) is 32.1 Å². The van der Waals surface area contributed by atoms with Crippen molar-refractivity contribution in [3.63, 3.8) is 0 Å². The first-order valence-electron chi connectivity index (χ1n) is 6.89. The lowest BCUT2D eigenvalue weighted by atomic mass is 9.97. The van der Waals surface area contributed by atoms with Crippen LogP contribution in [0.3, 0.4) is 0 Å². The van der Waals surface area contributed by atoms with Crippen molar-refractivity contribution in [1.29, 1.82) is 0 Å². The highest BCUT2D eigenvalue weighted by Gasteiger charge is 2.20. The highest BCUT2D eigenvalue weighted by molar-refractivity contribution is 5.78. The minimum absolute atomic E-state index is 0.0375. The topological polar surface area (TPSA) is 44.4 Å². The summed E-state index contributed by atoms with van der Waals surface area (Å²) in [5, 5.41) is 6.17. The van der Waals surface area contributed by atoms with Crippen molar-refractivity contribution in [1.82, 2.24) is 15.5 Å². The second-order valence-electron chi connectivity index (χ2n) is 4.90. The van der Waals surface area contributed by atoms with Crippen molar-refractivity contribution < 1.29 is 4.79 Å². The zero-order valence-electron chi connectivity index (χ0n) is 11.4. The highest BCUT2D eigenvalue weighted by atomic mass is 16.2. The van der Waals surface area contributed by atoms with Crippen LogP contribution >= 0.6 is 0 Å². The van der Waals surface area contributed by atoms with Crippen LogP contribution in [0.1, 0.15) is 26.2 Å². The number of rotatable bonds is 7. The number of nitrogens with zero attached hydrogens (tertiary/aromatic N) is 1. The van der Waals surface area contributed by atoms with Gasteiger partial charge < -0.3 is 10.6 Å². The molecule has 4 nitrogen and oxygen atoms in total. The molecular weight excluding hydrogens is 226 g/mol. The first-order chi connectivity index (χ1) is 8.76. The van der Waals surface area contributed by atoms with Gasteiger partial charge in [0.25, 0.3) is 0 Å². The van der Waals surface area contributed by atoms with E-state index in [1.54, 1.807) is 0 Å². The van der Waals surface area contributed by atoms with Crippen LogP contribution in [-0.2, 0) is 4.79 Å². The van der Waals surface area contributed by atoms with Gasteiger partial charge in [-0.2, -0.15) is 0 Å². The van der Waals surface area contributed by atoms with Crippen LogP contribution in [0.25, 0.3) is 0 Å². The van der Waals surface area contributed by atoms with Crippen LogP contribution in [-0.4, -0.2) is 50.1 Å². The lowest BCUT2D eigenvalue weighted by Gasteiger charge is -2.31. The second-order valence-corrected chi connectivity index (χ2v) is 4.90. The maximum absolute atomic E-state index is 11.5. The third-order valence-electron chi connectivity index (χ3n) is 3.32. The molecule has 4 heteroatoms. The number of terminal acetylenes is 1. The Labute approximate surface area is 110 Å². The Morgan fingerprint density at radius 3 is 2.78 bits per heavy atom. The number of amides is 1. The number of nitrogens with one attached hydrogen (secondary N) is 2. The monoisotopic (exact) mass is 251 g/mol. The van der Waals surface area contributed by atoms with Crippen molar-refractivity contribution in [2.45, 2.75) is 26.2 Å². The average Bonchev–Trinajstić information content (AvgIpc) is 2.39. The predicted octanol–water partition coefficient (Wildman–Crippen LogP) is 0.447. The smallest absolute Gasteiger partial charge is 0.234 e. The molecule has 0 saturated carbocycles. The Balaban J connectivity index is 2.11. The molecule has 1 rings (SSSR count). The maximum atomic E-state index is 11.5. The van der Waals surface area contributed by atoms with Gasteiger partial charge in [0.15, 0.2) is 0 Å². The Hall–Kier alpha value is -1.05.